The van der Waals surface area contributed by atoms with Gasteiger partial charge in [-0.3, -0.25) is 4.72 Å². The third kappa shape index (κ3) is 3.17. The molecule has 4 nitrogen and oxygen atoms in total. The molecule has 20 heavy (non-hydrogen) atoms. The predicted octanol–water partition coefficient (Wildman–Crippen LogP) is 3.81. The molecule has 0 aromatic heterocycles. The van der Waals surface area contributed by atoms with E-state index in [1.165, 1.54) is 24.3 Å². The van der Waals surface area contributed by atoms with Gasteiger partial charge in [-0.2, -0.15) is 0 Å². The summed E-state index contributed by atoms with van der Waals surface area (Å²) in [4.78, 5) is -0.00744. The van der Waals surface area contributed by atoms with Gasteiger partial charge in [0.15, 0.2) is 0 Å². The molecule has 0 spiro atoms. The zero-order valence-electron chi connectivity index (χ0n) is 10.4. The Bertz CT molecular complexity index is 760. The zero-order valence-corrected chi connectivity index (χ0v) is 12.7. The summed E-state index contributed by atoms with van der Waals surface area (Å²) in [5.74, 6) is 0.0133. The van der Waals surface area contributed by atoms with E-state index < -0.39 is 10.0 Å². The highest BCUT2D eigenvalue weighted by Gasteiger charge is 2.16. The van der Waals surface area contributed by atoms with Crippen LogP contribution >= 0.6 is 23.2 Å². The monoisotopic (exact) mass is 331 g/mol. The first-order valence-corrected chi connectivity index (χ1v) is 7.81. The molecule has 2 rings (SSSR count). The molecule has 2 aromatic carbocycles. The summed E-state index contributed by atoms with van der Waals surface area (Å²) in [5, 5.41) is 10.0. The molecule has 0 radical (unpaired) electrons. The summed E-state index contributed by atoms with van der Waals surface area (Å²) in [5.41, 5.74) is 0.918. The smallest absolute Gasteiger partial charge is 0.261 e. The van der Waals surface area contributed by atoms with Crippen LogP contribution in [0.5, 0.6) is 5.75 Å². The van der Waals surface area contributed by atoms with Gasteiger partial charge in [0.2, 0.25) is 0 Å². The quantitative estimate of drug-likeness (QED) is 0.898. The van der Waals surface area contributed by atoms with Gasteiger partial charge in [0.1, 0.15) is 5.75 Å². The minimum atomic E-state index is -3.79. The number of nitrogens with one attached hydrogen (secondary N) is 1. The van der Waals surface area contributed by atoms with Crippen molar-refractivity contribution in [2.24, 2.45) is 0 Å². The van der Waals surface area contributed by atoms with Gasteiger partial charge < -0.3 is 5.11 Å². The molecule has 0 fully saturated rings. The molecule has 106 valence electrons. The lowest BCUT2D eigenvalue weighted by Gasteiger charge is -2.10. The minimum absolute atomic E-state index is 0.00744. The van der Waals surface area contributed by atoms with E-state index in [0.29, 0.717) is 5.56 Å². The van der Waals surface area contributed by atoms with E-state index >= 15 is 0 Å². The molecule has 7 heteroatoms. The van der Waals surface area contributed by atoms with Gasteiger partial charge in [-0.1, -0.05) is 29.3 Å². The van der Waals surface area contributed by atoms with Crippen LogP contribution in [0, 0.1) is 6.92 Å². The second kappa shape index (κ2) is 5.52. The molecule has 2 N–H and O–H groups in total. The Hall–Kier alpha value is -1.43. The number of hydrogen-bond donors (Lipinski definition) is 2. The maximum Gasteiger partial charge on any atom is 0.261 e. The third-order valence-electron chi connectivity index (χ3n) is 2.66. The summed E-state index contributed by atoms with van der Waals surface area (Å²) in [6, 6.07) is 8.53. The molecule has 0 saturated carbocycles. The van der Waals surface area contributed by atoms with Gasteiger partial charge in [-0.15, -0.1) is 0 Å². The number of halogens is 2. The summed E-state index contributed by atoms with van der Waals surface area (Å²) >= 11 is 11.6. The van der Waals surface area contributed by atoms with E-state index in [1.807, 2.05) is 0 Å². The Balaban J connectivity index is 2.35. The molecular weight excluding hydrogens is 321 g/mol. The molecular formula is C13H11Cl2NO3S. The third-order valence-corrected chi connectivity index (χ3v) is 4.78. The zero-order chi connectivity index (χ0) is 14.9. The molecule has 0 amide bonds. The van der Waals surface area contributed by atoms with Crippen molar-refractivity contribution in [1.29, 1.82) is 0 Å². The summed E-state index contributed by atoms with van der Waals surface area (Å²) in [7, 11) is -3.79. The second-order valence-corrected chi connectivity index (χ2v) is 6.68. The number of aryl methyl sites for hydroxylation is 1. The van der Waals surface area contributed by atoms with Crippen molar-refractivity contribution in [2.45, 2.75) is 11.8 Å². The van der Waals surface area contributed by atoms with Gasteiger partial charge in [-0.25, -0.2) is 8.42 Å². The van der Waals surface area contributed by atoms with E-state index in [2.05, 4.69) is 4.72 Å². The molecule has 0 aliphatic carbocycles. The lowest BCUT2D eigenvalue weighted by Crippen LogP contribution is -2.12. The van der Waals surface area contributed by atoms with Gasteiger partial charge in [-0.05, 0) is 36.8 Å². The van der Waals surface area contributed by atoms with Crippen molar-refractivity contribution in [2.75, 3.05) is 4.72 Å². The van der Waals surface area contributed by atoms with E-state index in [9.17, 15) is 13.5 Å². The van der Waals surface area contributed by atoms with Crippen LogP contribution in [0.15, 0.2) is 41.3 Å². The Morgan fingerprint density at radius 3 is 2.35 bits per heavy atom. The molecule has 0 atom stereocenters. The molecule has 0 saturated heterocycles. The van der Waals surface area contributed by atoms with Crippen LogP contribution in [-0.4, -0.2) is 13.5 Å². The molecule has 0 unspecified atom stereocenters. The molecule has 0 aliphatic heterocycles. The van der Waals surface area contributed by atoms with Crippen LogP contribution in [-0.2, 0) is 10.0 Å². The Labute approximate surface area is 127 Å². The van der Waals surface area contributed by atoms with Crippen LogP contribution < -0.4 is 4.72 Å². The fraction of sp³-hybridized carbons (Fsp3) is 0.0769. The number of phenolic OH excluding ortho intramolecular Hbond substituents is 1. The standard InChI is InChI=1S/C13H11Cl2NO3S/c1-8-2-3-9(6-13(8)17)16-20(18,19)10-4-5-11(14)12(15)7-10/h2-7,16-17H,1H3. The van der Waals surface area contributed by atoms with Crippen molar-refractivity contribution >= 4 is 38.9 Å². The molecule has 0 aliphatic rings. The normalized spacial score (nSPS) is 11.3. The number of benzene rings is 2. The molecule has 0 bridgehead atoms. The summed E-state index contributed by atoms with van der Waals surface area (Å²) in [6.45, 7) is 1.71. The Morgan fingerprint density at radius 2 is 1.75 bits per heavy atom. The van der Waals surface area contributed by atoms with E-state index in [1.54, 1.807) is 19.1 Å². The van der Waals surface area contributed by atoms with Crippen molar-refractivity contribution < 1.29 is 13.5 Å². The lowest BCUT2D eigenvalue weighted by molar-refractivity contribution is 0.471. The van der Waals surface area contributed by atoms with Gasteiger partial charge >= 0.3 is 0 Å². The average Bonchev–Trinajstić information content (AvgIpc) is 2.37. The van der Waals surface area contributed by atoms with E-state index in [4.69, 9.17) is 23.2 Å². The van der Waals surface area contributed by atoms with Crippen LogP contribution in [0.1, 0.15) is 5.56 Å². The average molecular weight is 332 g/mol. The number of aromatic hydroxyl groups is 1. The maximum absolute atomic E-state index is 12.2. The van der Waals surface area contributed by atoms with E-state index in [0.717, 1.165) is 0 Å². The largest absolute Gasteiger partial charge is 0.508 e. The summed E-state index contributed by atoms with van der Waals surface area (Å²) < 4.78 is 26.7. The van der Waals surface area contributed by atoms with Crippen molar-refractivity contribution in [3.8, 4) is 5.75 Å². The molecule has 2 aromatic rings. The first-order chi connectivity index (χ1) is 9.29. The van der Waals surface area contributed by atoms with Crippen LogP contribution in [0.3, 0.4) is 0 Å². The van der Waals surface area contributed by atoms with Crippen LogP contribution in [0.4, 0.5) is 5.69 Å². The molecule has 0 heterocycles. The first kappa shape index (κ1) is 15.0. The highest BCUT2D eigenvalue weighted by Crippen LogP contribution is 2.27. The predicted molar refractivity (Wildman–Crippen MR) is 80.1 cm³/mol. The fourth-order valence-corrected chi connectivity index (χ4v) is 2.97. The highest BCUT2D eigenvalue weighted by molar-refractivity contribution is 7.92. The maximum atomic E-state index is 12.2. The summed E-state index contributed by atoms with van der Waals surface area (Å²) in [6.07, 6.45) is 0. The number of anilines is 1. The van der Waals surface area contributed by atoms with Crippen LogP contribution in [0.25, 0.3) is 0 Å². The Kier molecular flexibility index (Phi) is 4.13. The first-order valence-electron chi connectivity index (χ1n) is 5.57. The van der Waals surface area contributed by atoms with Crippen molar-refractivity contribution in [3.05, 3.63) is 52.0 Å². The van der Waals surface area contributed by atoms with E-state index in [-0.39, 0.29) is 26.4 Å². The van der Waals surface area contributed by atoms with Gasteiger partial charge in [0, 0.05) is 6.07 Å². The lowest BCUT2D eigenvalue weighted by atomic mass is 10.2. The topological polar surface area (TPSA) is 66.4 Å². The number of phenols is 1. The SMILES string of the molecule is Cc1ccc(NS(=O)(=O)c2ccc(Cl)c(Cl)c2)cc1O. The number of hydrogen-bond acceptors (Lipinski definition) is 3. The highest BCUT2D eigenvalue weighted by atomic mass is 35.5. The minimum Gasteiger partial charge on any atom is -0.508 e. The van der Waals surface area contributed by atoms with Crippen molar-refractivity contribution in [1.82, 2.24) is 0 Å². The number of rotatable bonds is 3. The Morgan fingerprint density at radius 1 is 1.05 bits per heavy atom. The second-order valence-electron chi connectivity index (χ2n) is 4.18. The number of sulfonamides is 1. The van der Waals surface area contributed by atoms with Crippen molar-refractivity contribution in [3.63, 3.8) is 0 Å². The van der Waals surface area contributed by atoms with Gasteiger partial charge in [0.25, 0.3) is 10.0 Å². The van der Waals surface area contributed by atoms with Crippen LogP contribution in [0.2, 0.25) is 10.0 Å². The van der Waals surface area contributed by atoms with Gasteiger partial charge in [0.05, 0.1) is 20.6 Å². The fourth-order valence-electron chi connectivity index (χ4n) is 1.53.